The number of carboxylic acid groups (broad SMARTS) is 1. The quantitative estimate of drug-likeness (QED) is 0.685. The molecule has 1 saturated carbocycles. The summed E-state index contributed by atoms with van der Waals surface area (Å²) in [4.78, 5) is 37.2. The highest BCUT2D eigenvalue weighted by molar-refractivity contribution is 6.34. The monoisotopic (exact) mass is 395 g/mol. The van der Waals surface area contributed by atoms with Crippen LogP contribution in [0.5, 0.6) is 0 Å². The van der Waals surface area contributed by atoms with Gasteiger partial charge in [0.05, 0.1) is 16.5 Å². The van der Waals surface area contributed by atoms with Gasteiger partial charge in [0.1, 0.15) is 0 Å². The summed E-state index contributed by atoms with van der Waals surface area (Å²) in [5.41, 5.74) is 0.895. The first-order valence-corrected chi connectivity index (χ1v) is 9.62. The van der Waals surface area contributed by atoms with Crippen molar-refractivity contribution in [3.8, 4) is 0 Å². The minimum atomic E-state index is -0.771. The van der Waals surface area contributed by atoms with E-state index in [1.54, 1.807) is 23.1 Å². The lowest BCUT2D eigenvalue weighted by molar-refractivity contribution is -0.142. The zero-order valence-corrected chi connectivity index (χ0v) is 16.4. The number of nitrogens with one attached hydrogen (secondary N) is 2. The Morgan fingerprint density at radius 1 is 1.15 bits per heavy atom. The Kier molecular flexibility index (Phi) is 7.47. The van der Waals surface area contributed by atoms with Gasteiger partial charge < -0.3 is 20.6 Å². The van der Waals surface area contributed by atoms with Crippen molar-refractivity contribution >= 4 is 35.2 Å². The molecule has 1 aromatic rings. The zero-order valence-electron chi connectivity index (χ0n) is 15.6. The third-order valence-electron chi connectivity index (χ3n) is 4.92. The van der Waals surface area contributed by atoms with Crippen LogP contribution < -0.4 is 10.6 Å². The number of urea groups is 1. The third kappa shape index (κ3) is 5.60. The largest absolute Gasteiger partial charge is 0.481 e. The lowest BCUT2D eigenvalue weighted by atomic mass is 9.86. The molecule has 8 heteroatoms. The van der Waals surface area contributed by atoms with Crippen LogP contribution in [0.15, 0.2) is 18.2 Å². The number of rotatable bonds is 6. The van der Waals surface area contributed by atoms with E-state index in [9.17, 15) is 14.4 Å². The van der Waals surface area contributed by atoms with Crippen LogP contribution in [-0.4, -0.2) is 47.0 Å². The van der Waals surface area contributed by atoms with Crippen LogP contribution >= 0.6 is 11.6 Å². The molecule has 2 rings (SSSR count). The predicted molar refractivity (Wildman–Crippen MR) is 104 cm³/mol. The second kappa shape index (κ2) is 9.60. The van der Waals surface area contributed by atoms with E-state index in [0.29, 0.717) is 50.0 Å². The highest BCUT2D eigenvalue weighted by Gasteiger charge is 2.26. The molecular formula is C19H26ClN3O4. The van der Waals surface area contributed by atoms with Crippen molar-refractivity contribution in [2.45, 2.75) is 45.6 Å². The molecular weight excluding hydrogens is 370 g/mol. The minimum absolute atomic E-state index is 0.0420. The molecule has 0 unspecified atom stereocenters. The highest BCUT2D eigenvalue weighted by atomic mass is 35.5. The van der Waals surface area contributed by atoms with Gasteiger partial charge in [-0.2, -0.15) is 0 Å². The Morgan fingerprint density at radius 3 is 2.30 bits per heavy atom. The van der Waals surface area contributed by atoms with Gasteiger partial charge in [0.2, 0.25) is 0 Å². The maximum absolute atomic E-state index is 12.4. The maximum Gasteiger partial charge on any atom is 0.319 e. The van der Waals surface area contributed by atoms with Crippen molar-refractivity contribution in [1.82, 2.24) is 10.2 Å². The molecule has 0 spiro atoms. The smallest absolute Gasteiger partial charge is 0.319 e. The van der Waals surface area contributed by atoms with Crippen LogP contribution in [-0.2, 0) is 4.79 Å². The number of carbonyl (C=O) groups excluding carboxylic acids is 2. The molecule has 7 nitrogen and oxygen atoms in total. The van der Waals surface area contributed by atoms with Crippen molar-refractivity contribution < 1.29 is 19.5 Å². The topological polar surface area (TPSA) is 98.7 Å². The molecule has 1 aliphatic rings. The Bertz CT molecular complexity index is 698. The van der Waals surface area contributed by atoms with Crippen molar-refractivity contribution in [1.29, 1.82) is 0 Å². The van der Waals surface area contributed by atoms with Crippen molar-refractivity contribution in [3.63, 3.8) is 0 Å². The summed E-state index contributed by atoms with van der Waals surface area (Å²) >= 11 is 6.23. The van der Waals surface area contributed by atoms with Gasteiger partial charge in [-0.3, -0.25) is 9.59 Å². The third-order valence-corrected chi connectivity index (χ3v) is 5.23. The average Bonchev–Trinajstić information content (AvgIpc) is 2.63. The molecule has 0 atom stereocenters. The summed E-state index contributed by atoms with van der Waals surface area (Å²) < 4.78 is 0. The lowest BCUT2D eigenvalue weighted by Gasteiger charge is -2.26. The van der Waals surface area contributed by atoms with E-state index in [2.05, 4.69) is 10.6 Å². The van der Waals surface area contributed by atoms with Gasteiger partial charge in [-0.25, -0.2) is 4.79 Å². The molecule has 1 aliphatic carbocycles. The molecule has 0 bridgehead atoms. The van der Waals surface area contributed by atoms with Crippen LogP contribution in [0.3, 0.4) is 0 Å². The Hall–Kier alpha value is -2.28. The fourth-order valence-electron chi connectivity index (χ4n) is 3.28. The summed E-state index contributed by atoms with van der Waals surface area (Å²) in [5, 5.41) is 14.9. The van der Waals surface area contributed by atoms with Crippen LogP contribution in [0, 0.1) is 5.92 Å². The van der Waals surface area contributed by atoms with E-state index in [4.69, 9.17) is 16.7 Å². The number of benzene rings is 1. The molecule has 0 saturated heterocycles. The molecule has 1 fully saturated rings. The first-order chi connectivity index (χ1) is 12.8. The number of carbonyl (C=O) groups is 3. The number of amides is 3. The second-order valence-corrected chi connectivity index (χ2v) is 7.06. The average molecular weight is 396 g/mol. The van der Waals surface area contributed by atoms with Crippen molar-refractivity contribution in [2.24, 2.45) is 5.92 Å². The van der Waals surface area contributed by atoms with Gasteiger partial charge in [-0.1, -0.05) is 11.6 Å². The Balaban J connectivity index is 1.92. The summed E-state index contributed by atoms with van der Waals surface area (Å²) in [6.07, 6.45) is 2.41. The number of anilines is 1. The van der Waals surface area contributed by atoms with Gasteiger partial charge in [0.25, 0.3) is 5.91 Å². The summed E-state index contributed by atoms with van der Waals surface area (Å²) in [7, 11) is 0. The van der Waals surface area contributed by atoms with Crippen molar-refractivity contribution in [2.75, 3.05) is 18.4 Å². The van der Waals surface area contributed by atoms with E-state index >= 15 is 0 Å². The van der Waals surface area contributed by atoms with Gasteiger partial charge in [-0.05, 0) is 57.7 Å². The number of halogens is 1. The molecule has 27 heavy (non-hydrogen) atoms. The van der Waals surface area contributed by atoms with E-state index in [0.717, 1.165) is 0 Å². The summed E-state index contributed by atoms with van der Waals surface area (Å²) in [6.45, 7) is 5.00. The van der Waals surface area contributed by atoms with Gasteiger partial charge >= 0.3 is 12.0 Å². The van der Waals surface area contributed by atoms with Crippen LogP contribution in [0.2, 0.25) is 5.02 Å². The van der Waals surface area contributed by atoms with Crippen LogP contribution in [0.1, 0.15) is 49.9 Å². The number of hydrogen-bond acceptors (Lipinski definition) is 3. The molecule has 0 heterocycles. The van der Waals surface area contributed by atoms with E-state index < -0.39 is 5.97 Å². The molecule has 0 aliphatic heterocycles. The first kappa shape index (κ1) is 21.0. The minimum Gasteiger partial charge on any atom is -0.481 e. The summed E-state index contributed by atoms with van der Waals surface area (Å²) in [5.74, 6) is -1.23. The van der Waals surface area contributed by atoms with E-state index in [-0.39, 0.29) is 28.9 Å². The number of hydrogen-bond donors (Lipinski definition) is 3. The standard InChI is InChI=1S/C19H26ClN3O4/c1-3-23(4-2)17(24)15-10-9-14(11-16(15)20)22-19(27)21-13-7-5-12(6-8-13)18(25)26/h9-13H,3-8H2,1-2H3,(H,25,26)(H2,21,22,27). The Labute approximate surface area is 164 Å². The number of aliphatic carboxylic acids is 1. The van der Waals surface area contributed by atoms with Gasteiger partial charge in [-0.15, -0.1) is 0 Å². The SMILES string of the molecule is CCN(CC)C(=O)c1ccc(NC(=O)NC2CCC(C(=O)O)CC2)cc1Cl. The second-order valence-electron chi connectivity index (χ2n) is 6.66. The predicted octanol–water partition coefficient (Wildman–Crippen LogP) is 3.59. The number of nitrogens with zero attached hydrogens (tertiary/aromatic N) is 1. The lowest BCUT2D eigenvalue weighted by Crippen LogP contribution is -2.41. The molecule has 0 radical (unpaired) electrons. The fraction of sp³-hybridized carbons (Fsp3) is 0.526. The van der Waals surface area contributed by atoms with Crippen LogP contribution in [0.25, 0.3) is 0 Å². The van der Waals surface area contributed by atoms with Gasteiger partial charge in [0, 0.05) is 24.8 Å². The van der Waals surface area contributed by atoms with Crippen LogP contribution in [0.4, 0.5) is 10.5 Å². The van der Waals surface area contributed by atoms with E-state index in [1.807, 2.05) is 13.8 Å². The molecule has 3 amide bonds. The Morgan fingerprint density at radius 2 is 1.78 bits per heavy atom. The van der Waals surface area contributed by atoms with Gasteiger partial charge in [0.15, 0.2) is 0 Å². The molecule has 148 valence electrons. The number of carboxylic acids is 1. The highest BCUT2D eigenvalue weighted by Crippen LogP contribution is 2.25. The van der Waals surface area contributed by atoms with E-state index in [1.165, 1.54) is 0 Å². The molecule has 1 aromatic carbocycles. The normalized spacial score (nSPS) is 19.2. The van der Waals surface area contributed by atoms with Crippen molar-refractivity contribution in [3.05, 3.63) is 28.8 Å². The zero-order chi connectivity index (χ0) is 20.0. The fourth-order valence-corrected chi connectivity index (χ4v) is 3.55. The summed E-state index contributed by atoms with van der Waals surface area (Å²) in [6, 6.07) is 4.39. The molecule has 0 aromatic heterocycles. The molecule has 3 N–H and O–H groups in total. The maximum atomic E-state index is 12.4. The first-order valence-electron chi connectivity index (χ1n) is 9.24.